The Morgan fingerprint density at radius 2 is 0.968 bits per heavy atom. The number of benzene rings is 3. The van der Waals surface area contributed by atoms with Crippen LogP contribution in [0.5, 0.6) is 0 Å². The van der Waals surface area contributed by atoms with Crippen LogP contribution in [0.25, 0.3) is 11.1 Å². The van der Waals surface area contributed by atoms with Gasteiger partial charge < -0.3 is 0 Å². The fourth-order valence-corrected chi connectivity index (χ4v) is 3.20. The number of hydrogen-bond acceptors (Lipinski definition) is 0. The van der Waals surface area contributed by atoms with Crippen molar-refractivity contribution < 1.29 is 30.7 Å². The van der Waals surface area contributed by atoms with Crippen LogP contribution in [-0.2, 0) is 0 Å². The summed E-state index contributed by atoms with van der Waals surface area (Å²) < 4.78 is 98.0. The average molecular weight is 438 g/mol. The molecule has 0 saturated heterocycles. The summed E-state index contributed by atoms with van der Waals surface area (Å²) in [6.07, 6.45) is -6.45. The van der Waals surface area contributed by atoms with Crippen LogP contribution < -0.4 is 0 Å². The molecule has 3 rings (SSSR count). The van der Waals surface area contributed by atoms with Crippen LogP contribution >= 0.6 is 0 Å². The van der Waals surface area contributed by atoms with Gasteiger partial charge >= 0.3 is 18.0 Å². The number of aryl methyl sites for hydroxylation is 1. The van der Waals surface area contributed by atoms with Gasteiger partial charge in [-0.05, 0) is 29.2 Å². The van der Waals surface area contributed by atoms with Crippen LogP contribution in [0.2, 0.25) is 0 Å². The zero-order valence-corrected chi connectivity index (χ0v) is 16.2. The van der Waals surface area contributed by atoms with E-state index in [1.165, 1.54) is 54.6 Å². The van der Waals surface area contributed by atoms with Crippen LogP contribution in [0.3, 0.4) is 0 Å². The first-order valence-electron chi connectivity index (χ1n) is 9.22. The Labute approximate surface area is 174 Å². The first-order chi connectivity index (χ1) is 14.5. The normalized spacial score (nSPS) is 13.7. The molecule has 0 bridgehead atoms. The van der Waals surface area contributed by atoms with Gasteiger partial charge in [-0.1, -0.05) is 90.5 Å². The fraction of sp³-hybridized carbons (Fsp3) is 0.167. The van der Waals surface area contributed by atoms with Gasteiger partial charge in [0.05, 0.1) is 0 Å². The molecule has 0 radical (unpaired) electrons. The molecule has 3 aromatic rings. The summed E-state index contributed by atoms with van der Waals surface area (Å²) in [5.74, 6) is -11.8. The van der Waals surface area contributed by atoms with Gasteiger partial charge in [0.2, 0.25) is 0 Å². The van der Waals surface area contributed by atoms with E-state index in [1.54, 1.807) is 25.1 Å². The van der Waals surface area contributed by atoms with E-state index in [-0.39, 0.29) is 11.1 Å². The molecule has 0 saturated carbocycles. The van der Waals surface area contributed by atoms with E-state index in [9.17, 15) is 22.0 Å². The second-order valence-corrected chi connectivity index (χ2v) is 6.99. The average Bonchev–Trinajstić information content (AvgIpc) is 2.73. The SMILES string of the molecule is Cc1ccc(/C(=C(/c2ccccc2)C(F)(F)C(F)(F)C(F)(F)F)c2ccccc2)cc1. The number of rotatable bonds is 5. The Bertz CT molecular complexity index is 1050. The second kappa shape index (κ2) is 8.21. The molecule has 0 N–H and O–H groups in total. The minimum absolute atomic E-state index is 0.0860. The third kappa shape index (κ3) is 4.22. The second-order valence-electron chi connectivity index (χ2n) is 6.99. The van der Waals surface area contributed by atoms with Crippen LogP contribution in [0, 0.1) is 6.92 Å². The number of hydrogen-bond donors (Lipinski definition) is 0. The van der Waals surface area contributed by atoms with Crippen molar-refractivity contribution in [3.05, 3.63) is 107 Å². The van der Waals surface area contributed by atoms with Gasteiger partial charge in [-0.2, -0.15) is 30.7 Å². The topological polar surface area (TPSA) is 0 Å². The predicted molar refractivity (Wildman–Crippen MR) is 106 cm³/mol. The van der Waals surface area contributed by atoms with Crippen LogP contribution in [0.15, 0.2) is 84.9 Å². The van der Waals surface area contributed by atoms with Crippen LogP contribution in [0.4, 0.5) is 30.7 Å². The van der Waals surface area contributed by atoms with Crippen molar-refractivity contribution in [2.24, 2.45) is 0 Å². The van der Waals surface area contributed by atoms with Gasteiger partial charge in [0.15, 0.2) is 0 Å². The van der Waals surface area contributed by atoms with Crippen molar-refractivity contribution in [3.63, 3.8) is 0 Å². The molecule has 0 aliphatic heterocycles. The Kier molecular flexibility index (Phi) is 5.98. The molecule has 0 unspecified atom stereocenters. The highest BCUT2D eigenvalue weighted by molar-refractivity contribution is 6.01. The minimum Gasteiger partial charge on any atom is -0.194 e. The lowest BCUT2D eigenvalue weighted by atomic mass is 9.84. The molecule has 0 spiro atoms. The summed E-state index contributed by atoms with van der Waals surface area (Å²) in [7, 11) is 0. The molecular formula is C24H17F7. The molecule has 0 atom stereocenters. The molecule has 3 aromatic carbocycles. The summed E-state index contributed by atoms with van der Waals surface area (Å²) in [6.45, 7) is 1.74. The van der Waals surface area contributed by atoms with E-state index in [0.717, 1.165) is 17.7 Å². The van der Waals surface area contributed by atoms with Crippen molar-refractivity contribution in [2.45, 2.75) is 24.9 Å². The molecule has 0 amide bonds. The first kappa shape index (κ1) is 22.6. The van der Waals surface area contributed by atoms with Crippen LogP contribution in [0.1, 0.15) is 22.3 Å². The lowest BCUT2D eigenvalue weighted by molar-refractivity contribution is -0.338. The van der Waals surface area contributed by atoms with E-state index in [1.807, 2.05) is 0 Å². The molecule has 0 heterocycles. The first-order valence-corrected chi connectivity index (χ1v) is 9.22. The Morgan fingerprint density at radius 1 is 0.548 bits per heavy atom. The standard InChI is InChI=1S/C24H17F7/c1-16-12-14-18(15-13-16)20(17-8-4-2-5-9-17)21(19-10-6-3-7-11-19)22(25,26)23(27,28)24(29,30)31/h2-15H,1H3/b21-20-. The molecular weight excluding hydrogens is 421 g/mol. The molecule has 0 fully saturated rings. The third-order valence-electron chi connectivity index (χ3n) is 4.78. The summed E-state index contributed by atoms with van der Waals surface area (Å²) in [5, 5.41) is 0. The highest BCUT2D eigenvalue weighted by Crippen LogP contribution is 2.54. The molecule has 31 heavy (non-hydrogen) atoms. The van der Waals surface area contributed by atoms with Crippen LogP contribution in [-0.4, -0.2) is 18.0 Å². The molecule has 0 aliphatic rings. The minimum atomic E-state index is -6.45. The van der Waals surface area contributed by atoms with Crippen molar-refractivity contribution in [2.75, 3.05) is 0 Å². The lowest BCUT2D eigenvalue weighted by Crippen LogP contribution is -2.52. The highest BCUT2D eigenvalue weighted by Gasteiger charge is 2.74. The van der Waals surface area contributed by atoms with Gasteiger partial charge in [-0.25, -0.2) is 0 Å². The number of allylic oxidation sites excluding steroid dienone is 1. The molecule has 7 heteroatoms. The fourth-order valence-electron chi connectivity index (χ4n) is 3.20. The number of halogens is 7. The van der Waals surface area contributed by atoms with Crippen molar-refractivity contribution >= 4 is 11.1 Å². The maximum atomic E-state index is 15.2. The third-order valence-corrected chi connectivity index (χ3v) is 4.78. The zero-order valence-electron chi connectivity index (χ0n) is 16.2. The monoisotopic (exact) mass is 438 g/mol. The van der Waals surface area contributed by atoms with Crippen molar-refractivity contribution in [3.8, 4) is 0 Å². The summed E-state index contributed by atoms with van der Waals surface area (Å²) in [5.41, 5.74) is -1.29. The lowest BCUT2D eigenvalue weighted by Gasteiger charge is -2.32. The van der Waals surface area contributed by atoms with Gasteiger partial charge in [0, 0.05) is 5.57 Å². The van der Waals surface area contributed by atoms with Crippen molar-refractivity contribution in [1.82, 2.24) is 0 Å². The molecule has 0 aromatic heterocycles. The van der Waals surface area contributed by atoms with Gasteiger partial charge in [0.25, 0.3) is 0 Å². The summed E-state index contributed by atoms with van der Waals surface area (Å²) in [4.78, 5) is 0. The Balaban J connectivity index is 2.47. The van der Waals surface area contributed by atoms with E-state index >= 15 is 8.78 Å². The number of alkyl halides is 7. The maximum absolute atomic E-state index is 15.2. The maximum Gasteiger partial charge on any atom is 0.460 e. The van der Waals surface area contributed by atoms with E-state index < -0.39 is 34.7 Å². The molecule has 0 aliphatic carbocycles. The molecule has 0 nitrogen and oxygen atoms in total. The van der Waals surface area contributed by atoms with E-state index in [0.29, 0.717) is 0 Å². The van der Waals surface area contributed by atoms with Gasteiger partial charge in [0.1, 0.15) is 0 Å². The largest absolute Gasteiger partial charge is 0.460 e. The predicted octanol–water partition coefficient (Wildman–Crippen LogP) is 7.79. The summed E-state index contributed by atoms with van der Waals surface area (Å²) >= 11 is 0. The van der Waals surface area contributed by atoms with E-state index in [2.05, 4.69) is 0 Å². The highest BCUT2D eigenvalue weighted by atomic mass is 19.4. The van der Waals surface area contributed by atoms with Gasteiger partial charge in [-0.15, -0.1) is 0 Å². The molecule has 162 valence electrons. The Morgan fingerprint density at radius 3 is 1.42 bits per heavy atom. The quantitative estimate of drug-likeness (QED) is 0.282. The summed E-state index contributed by atoms with van der Waals surface area (Å²) in [6, 6.07) is 19.6. The zero-order chi connectivity index (χ0) is 22.9. The van der Waals surface area contributed by atoms with Crippen molar-refractivity contribution in [1.29, 1.82) is 0 Å². The van der Waals surface area contributed by atoms with E-state index in [4.69, 9.17) is 0 Å². The Hall–Kier alpha value is -3.09. The van der Waals surface area contributed by atoms with Gasteiger partial charge in [-0.3, -0.25) is 0 Å². The smallest absolute Gasteiger partial charge is 0.194 e.